The number of ether oxygens (including phenoxy) is 1. The van der Waals surface area contributed by atoms with Crippen LogP contribution in [0.15, 0.2) is 40.9 Å². The van der Waals surface area contributed by atoms with Crippen LogP contribution >= 0.6 is 39.1 Å². The SMILES string of the molecule is N#C/C(=C\c1cc(Cl)c(OCC(=O)O)c(Cl)c1)c1ccc(Br)cc1. The van der Waals surface area contributed by atoms with Crippen molar-refractivity contribution >= 4 is 56.8 Å². The molecule has 0 unspecified atom stereocenters. The smallest absolute Gasteiger partial charge is 0.341 e. The van der Waals surface area contributed by atoms with E-state index < -0.39 is 12.6 Å². The third-order valence-corrected chi connectivity index (χ3v) is 4.04. The van der Waals surface area contributed by atoms with Crippen molar-refractivity contribution in [2.45, 2.75) is 0 Å². The zero-order chi connectivity index (χ0) is 17.7. The van der Waals surface area contributed by atoms with Crippen molar-refractivity contribution in [3.8, 4) is 11.8 Å². The lowest BCUT2D eigenvalue weighted by Gasteiger charge is -2.09. The molecule has 0 fully saturated rings. The molecule has 0 aliphatic carbocycles. The van der Waals surface area contributed by atoms with Crippen LogP contribution in [0.1, 0.15) is 11.1 Å². The first-order valence-electron chi connectivity index (χ1n) is 6.62. The lowest BCUT2D eigenvalue weighted by atomic mass is 10.0. The molecule has 0 aliphatic rings. The van der Waals surface area contributed by atoms with Gasteiger partial charge in [-0.2, -0.15) is 5.26 Å². The second kappa shape index (κ2) is 8.20. The van der Waals surface area contributed by atoms with E-state index in [1.165, 1.54) is 0 Å². The highest BCUT2D eigenvalue weighted by atomic mass is 79.9. The van der Waals surface area contributed by atoms with E-state index in [1.54, 1.807) is 18.2 Å². The van der Waals surface area contributed by atoms with Gasteiger partial charge in [-0.3, -0.25) is 0 Å². The van der Waals surface area contributed by atoms with Crippen LogP contribution in [-0.4, -0.2) is 17.7 Å². The van der Waals surface area contributed by atoms with Crippen LogP contribution in [0.2, 0.25) is 10.0 Å². The molecule has 122 valence electrons. The molecule has 4 nitrogen and oxygen atoms in total. The van der Waals surface area contributed by atoms with Crippen molar-refractivity contribution in [2.75, 3.05) is 6.61 Å². The molecule has 0 saturated carbocycles. The van der Waals surface area contributed by atoms with Crippen LogP contribution in [0.25, 0.3) is 11.6 Å². The van der Waals surface area contributed by atoms with Crippen molar-refractivity contribution < 1.29 is 14.6 Å². The van der Waals surface area contributed by atoms with Crippen molar-refractivity contribution in [3.63, 3.8) is 0 Å². The van der Waals surface area contributed by atoms with Gasteiger partial charge in [-0.1, -0.05) is 51.3 Å². The van der Waals surface area contributed by atoms with Crippen LogP contribution in [0.4, 0.5) is 0 Å². The van der Waals surface area contributed by atoms with Crippen LogP contribution in [0.5, 0.6) is 5.75 Å². The van der Waals surface area contributed by atoms with Crippen LogP contribution in [0.3, 0.4) is 0 Å². The summed E-state index contributed by atoms with van der Waals surface area (Å²) in [6.45, 7) is -0.545. The Labute approximate surface area is 157 Å². The molecular weight excluding hydrogens is 417 g/mol. The van der Waals surface area contributed by atoms with E-state index in [1.807, 2.05) is 24.3 Å². The molecule has 0 amide bonds. The summed E-state index contributed by atoms with van der Waals surface area (Å²) in [7, 11) is 0. The predicted molar refractivity (Wildman–Crippen MR) is 97.2 cm³/mol. The van der Waals surface area contributed by atoms with Gasteiger partial charge in [0.25, 0.3) is 0 Å². The Morgan fingerprint density at radius 3 is 2.33 bits per heavy atom. The zero-order valence-corrected chi connectivity index (χ0v) is 15.2. The first-order chi connectivity index (χ1) is 11.4. The molecule has 2 aromatic rings. The summed E-state index contributed by atoms with van der Waals surface area (Å²) in [5, 5.41) is 18.3. The molecule has 0 radical (unpaired) electrons. The highest BCUT2D eigenvalue weighted by Gasteiger charge is 2.11. The maximum absolute atomic E-state index is 10.6. The predicted octanol–water partition coefficient (Wildman–Crippen LogP) is 5.28. The van der Waals surface area contributed by atoms with E-state index in [-0.39, 0.29) is 15.8 Å². The molecule has 1 N–H and O–H groups in total. The molecule has 2 aromatic carbocycles. The number of carboxylic acid groups (broad SMARTS) is 1. The third kappa shape index (κ3) is 4.75. The first-order valence-corrected chi connectivity index (χ1v) is 8.17. The number of allylic oxidation sites excluding steroid dienone is 1. The minimum Gasteiger partial charge on any atom is -0.479 e. The number of hydrogen-bond acceptors (Lipinski definition) is 3. The van der Waals surface area contributed by atoms with E-state index in [4.69, 9.17) is 33.0 Å². The average molecular weight is 427 g/mol. The standard InChI is InChI=1S/C17H10BrCl2NO3/c18-13-3-1-11(2-4-13)12(8-21)5-10-6-14(19)17(15(20)7-10)24-9-16(22)23/h1-7H,9H2,(H,22,23)/b12-5+. The molecule has 0 saturated heterocycles. The van der Waals surface area contributed by atoms with Gasteiger partial charge in [0.1, 0.15) is 0 Å². The molecular formula is C17H10BrCl2NO3. The van der Waals surface area contributed by atoms with E-state index in [9.17, 15) is 10.1 Å². The van der Waals surface area contributed by atoms with Gasteiger partial charge in [0.2, 0.25) is 0 Å². The maximum Gasteiger partial charge on any atom is 0.341 e. The second-order valence-corrected chi connectivity index (χ2v) is 6.40. The molecule has 24 heavy (non-hydrogen) atoms. The van der Waals surface area contributed by atoms with Gasteiger partial charge >= 0.3 is 5.97 Å². The maximum atomic E-state index is 10.6. The van der Waals surface area contributed by atoms with Gasteiger partial charge < -0.3 is 9.84 Å². The molecule has 0 aliphatic heterocycles. The van der Waals surface area contributed by atoms with Gasteiger partial charge in [-0.25, -0.2) is 4.79 Å². The fourth-order valence-electron chi connectivity index (χ4n) is 1.91. The number of benzene rings is 2. The number of aliphatic carboxylic acids is 1. The number of nitrogens with zero attached hydrogens (tertiary/aromatic N) is 1. The number of carbonyl (C=O) groups is 1. The fraction of sp³-hybridized carbons (Fsp3) is 0.0588. The highest BCUT2D eigenvalue weighted by molar-refractivity contribution is 9.10. The number of hydrogen-bond donors (Lipinski definition) is 1. The van der Waals surface area contributed by atoms with Crippen LogP contribution in [-0.2, 0) is 4.79 Å². The van der Waals surface area contributed by atoms with Crippen molar-refractivity contribution in [1.29, 1.82) is 5.26 Å². The third-order valence-electron chi connectivity index (χ3n) is 2.95. The number of rotatable bonds is 5. The van der Waals surface area contributed by atoms with Crippen molar-refractivity contribution in [3.05, 3.63) is 62.0 Å². The van der Waals surface area contributed by atoms with Gasteiger partial charge in [-0.05, 0) is 41.5 Å². The lowest BCUT2D eigenvalue weighted by molar-refractivity contribution is -0.139. The molecule has 2 rings (SSSR count). The Balaban J connectivity index is 2.36. The Morgan fingerprint density at radius 2 is 1.83 bits per heavy atom. The van der Waals surface area contributed by atoms with E-state index >= 15 is 0 Å². The van der Waals surface area contributed by atoms with E-state index in [2.05, 4.69) is 22.0 Å². The first kappa shape index (κ1) is 18.3. The van der Waals surface area contributed by atoms with E-state index in [0.29, 0.717) is 11.1 Å². The lowest BCUT2D eigenvalue weighted by Crippen LogP contribution is -2.10. The molecule has 7 heteroatoms. The summed E-state index contributed by atoms with van der Waals surface area (Å²) < 4.78 is 5.97. The van der Waals surface area contributed by atoms with Gasteiger partial charge in [0.15, 0.2) is 12.4 Å². The summed E-state index contributed by atoms with van der Waals surface area (Å²) in [5.74, 6) is -1.03. The average Bonchev–Trinajstić information content (AvgIpc) is 2.52. The Morgan fingerprint density at radius 1 is 1.25 bits per heavy atom. The summed E-state index contributed by atoms with van der Waals surface area (Å²) >= 11 is 15.5. The largest absolute Gasteiger partial charge is 0.479 e. The Hall–Kier alpha value is -2.00. The van der Waals surface area contributed by atoms with Crippen LogP contribution < -0.4 is 4.74 Å². The minimum atomic E-state index is -1.13. The summed E-state index contributed by atoms with van der Waals surface area (Å²) in [6, 6.07) is 12.5. The quantitative estimate of drug-likeness (QED) is 0.521. The summed E-state index contributed by atoms with van der Waals surface area (Å²) in [5.41, 5.74) is 1.79. The minimum absolute atomic E-state index is 0.0973. The van der Waals surface area contributed by atoms with E-state index in [0.717, 1.165) is 10.0 Å². The number of nitriles is 1. The molecule has 0 heterocycles. The molecule has 0 spiro atoms. The Kier molecular flexibility index (Phi) is 6.27. The van der Waals surface area contributed by atoms with Gasteiger partial charge in [-0.15, -0.1) is 0 Å². The number of carboxylic acids is 1. The molecule has 0 bridgehead atoms. The molecule has 0 atom stereocenters. The Bertz CT molecular complexity index is 819. The molecule has 0 aromatic heterocycles. The topological polar surface area (TPSA) is 70.3 Å². The van der Waals surface area contributed by atoms with Crippen LogP contribution in [0, 0.1) is 11.3 Å². The number of halogens is 3. The normalized spacial score (nSPS) is 11.0. The van der Waals surface area contributed by atoms with Gasteiger partial charge in [0, 0.05) is 4.47 Å². The van der Waals surface area contributed by atoms with Crippen molar-refractivity contribution in [2.24, 2.45) is 0 Å². The highest BCUT2D eigenvalue weighted by Crippen LogP contribution is 2.35. The monoisotopic (exact) mass is 425 g/mol. The fourth-order valence-corrected chi connectivity index (χ4v) is 2.79. The zero-order valence-electron chi connectivity index (χ0n) is 12.1. The summed E-state index contributed by atoms with van der Waals surface area (Å²) in [6.07, 6.45) is 1.64. The summed E-state index contributed by atoms with van der Waals surface area (Å²) in [4.78, 5) is 10.6. The second-order valence-electron chi connectivity index (χ2n) is 4.67. The van der Waals surface area contributed by atoms with Gasteiger partial charge in [0.05, 0.1) is 21.7 Å². The van der Waals surface area contributed by atoms with Crippen molar-refractivity contribution in [1.82, 2.24) is 0 Å².